The molecule has 14 heavy (non-hydrogen) atoms. The van der Waals surface area contributed by atoms with Crippen LogP contribution in [0.25, 0.3) is 10.1 Å². The van der Waals surface area contributed by atoms with Crippen molar-refractivity contribution in [2.24, 2.45) is 0 Å². The third-order valence-electron chi connectivity index (χ3n) is 1.86. The van der Waals surface area contributed by atoms with Crippen LogP contribution in [0.4, 0.5) is 5.69 Å². The first-order valence-corrected chi connectivity index (χ1v) is 4.55. The molecular formula is C8H5NO4S. The smallest absolute Gasteiger partial charge is 0.282 e. The first kappa shape index (κ1) is 8.76. The van der Waals surface area contributed by atoms with Gasteiger partial charge in [0.05, 0.1) is 9.62 Å². The number of nitro benzene ring substituents is 1. The molecule has 1 aromatic carbocycles. The number of nitro groups is 1. The van der Waals surface area contributed by atoms with Crippen LogP contribution in [0.2, 0.25) is 0 Å². The SMILES string of the molecule is O=[N+]([O-])c1ccc(O)c2scc(O)c12. The lowest BCUT2D eigenvalue weighted by molar-refractivity contribution is -0.383. The topological polar surface area (TPSA) is 83.6 Å². The highest BCUT2D eigenvalue weighted by molar-refractivity contribution is 7.18. The minimum atomic E-state index is -0.589. The van der Waals surface area contributed by atoms with Gasteiger partial charge in [-0.15, -0.1) is 11.3 Å². The normalized spacial score (nSPS) is 10.6. The number of nitrogens with zero attached hydrogens (tertiary/aromatic N) is 1. The number of fused-ring (bicyclic) bond motifs is 1. The molecule has 0 aliphatic heterocycles. The van der Waals surface area contributed by atoms with Crippen molar-refractivity contribution < 1.29 is 15.1 Å². The first-order chi connectivity index (χ1) is 6.61. The van der Waals surface area contributed by atoms with E-state index in [9.17, 15) is 20.3 Å². The van der Waals surface area contributed by atoms with Crippen LogP contribution in [-0.2, 0) is 0 Å². The Labute approximate surface area is 82.0 Å². The van der Waals surface area contributed by atoms with E-state index in [1.807, 2.05) is 0 Å². The molecule has 72 valence electrons. The first-order valence-electron chi connectivity index (χ1n) is 3.68. The molecule has 1 aromatic heterocycles. The van der Waals surface area contributed by atoms with Gasteiger partial charge in [0.25, 0.3) is 5.69 Å². The number of hydrogen-bond acceptors (Lipinski definition) is 5. The van der Waals surface area contributed by atoms with Gasteiger partial charge in [0.15, 0.2) is 0 Å². The molecule has 2 aromatic rings. The lowest BCUT2D eigenvalue weighted by atomic mass is 10.2. The van der Waals surface area contributed by atoms with Crippen molar-refractivity contribution in [2.75, 3.05) is 0 Å². The van der Waals surface area contributed by atoms with Crippen molar-refractivity contribution in [3.8, 4) is 11.5 Å². The molecule has 0 saturated heterocycles. The van der Waals surface area contributed by atoms with E-state index in [0.29, 0.717) is 4.70 Å². The van der Waals surface area contributed by atoms with Crippen molar-refractivity contribution >= 4 is 27.1 Å². The molecule has 5 nitrogen and oxygen atoms in total. The standard InChI is InChI=1S/C8H5NO4S/c10-5-2-1-4(9(12)13)7-6(11)3-14-8(5)7/h1-3,10-11H. The number of phenolic OH excluding ortho intramolecular Hbond substituents is 1. The fourth-order valence-corrected chi connectivity index (χ4v) is 2.12. The van der Waals surface area contributed by atoms with Gasteiger partial charge in [-0.1, -0.05) is 0 Å². The van der Waals surface area contributed by atoms with Gasteiger partial charge in [0.1, 0.15) is 16.9 Å². The van der Waals surface area contributed by atoms with E-state index in [1.54, 1.807) is 0 Å². The highest BCUT2D eigenvalue weighted by Gasteiger charge is 2.19. The van der Waals surface area contributed by atoms with Crippen LogP contribution in [0.3, 0.4) is 0 Å². The van der Waals surface area contributed by atoms with E-state index >= 15 is 0 Å². The van der Waals surface area contributed by atoms with Crippen LogP contribution >= 0.6 is 11.3 Å². The minimum absolute atomic E-state index is 0.0594. The lowest BCUT2D eigenvalue weighted by Crippen LogP contribution is -1.87. The van der Waals surface area contributed by atoms with Gasteiger partial charge in [-0.25, -0.2) is 0 Å². The average Bonchev–Trinajstić information content (AvgIpc) is 2.50. The van der Waals surface area contributed by atoms with Gasteiger partial charge in [-0.05, 0) is 6.07 Å². The Morgan fingerprint density at radius 2 is 2.00 bits per heavy atom. The summed E-state index contributed by atoms with van der Waals surface area (Å²) in [6, 6.07) is 2.42. The van der Waals surface area contributed by atoms with Crippen molar-refractivity contribution in [2.45, 2.75) is 0 Å². The number of thiophene rings is 1. The molecule has 1 heterocycles. The van der Waals surface area contributed by atoms with Crippen LogP contribution in [0.15, 0.2) is 17.5 Å². The Morgan fingerprint density at radius 3 is 2.64 bits per heavy atom. The molecule has 0 saturated carbocycles. The maximum absolute atomic E-state index is 10.6. The summed E-state index contributed by atoms with van der Waals surface area (Å²) >= 11 is 1.07. The summed E-state index contributed by atoms with van der Waals surface area (Å²) in [5.41, 5.74) is -0.198. The highest BCUT2D eigenvalue weighted by Crippen LogP contribution is 2.42. The molecule has 0 aliphatic carbocycles. The average molecular weight is 211 g/mol. The maximum Gasteiger partial charge on any atom is 0.282 e. The third-order valence-corrected chi connectivity index (χ3v) is 2.85. The van der Waals surface area contributed by atoms with E-state index in [0.717, 1.165) is 11.3 Å². The Kier molecular flexibility index (Phi) is 1.78. The number of benzene rings is 1. The molecule has 2 rings (SSSR count). The van der Waals surface area contributed by atoms with E-state index < -0.39 is 4.92 Å². The fraction of sp³-hybridized carbons (Fsp3) is 0. The zero-order chi connectivity index (χ0) is 10.3. The number of rotatable bonds is 1. The van der Waals surface area contributed by atoms with Gasteiger partial charge in [-0.3, -0.25) is 10.1 Å². The zero-order valence-corrected chi connectivity index (χ0v) is 7.61. The molecule has 0 spiro atoms. The van der Waals surface area contributed by atoms with Gasteiger partial charge in [0, 0.05) is 11.4 Å². The van der Waals surface area contributed by atoms with Crippen LogP contribution in [-0.4, -0.2) is 15.1 Å². The second-order valence-electron chi connectivity index (χ2n) is 2.69. The predicted octanol–water partition coefficient (Wildman–Crippen LogP) is 2.22. The molecule has 0 aliphatic rings. The van der Waals surface area contributed by atoms with Gasteiger partial charge >= 0.3 is 0 Å². The lowest BCUT2D eigenvalue weighted by Gasteiger charge is -1.96. The summed E-state index contributed by atoms with van der Waals surface area (Å²) in [6.45, 7) is 0. The van der Waals surface area contributed by atoms with Crippen molar-refractivity contribution in [3.63, 3.8) is 0 Å². The van der Waals surface area contributed by atoms with E-state index in [4.69, 9.17) is 0 Å². The molecular weight excluding hydrogens is 206 g/mol. The van der Waals surface area contributed by atoms with Crippen LogP contribution in [0, 0.1) is 10.1 Å². The Morgan fingerprint density at radius 1 is 1.29 bits per heavy atom. The maximum atomic E-state index is 10.6. The minimum Gasteiger partial charge on any atom is -0.506 e. The zero-order valence-electron chi connectivity index (χ0n) is 6.80. The summed E-state index contributed by atoms with van der Waals surface area (Å²) in [5.74, 6) is -0.233. The summed E-state index contributed by atoms with van der Waals surface area (Å²) in [5, 5.41) is 30.8. The van der Waals surface area contributed by atoms with Crippen molar-refractivity contribution in [3.05, 3.63) is 27.6 Å². The Hall–Kier alpha value is -1.82. The number of hydrogen-bond donors (Lipinski definition) is 2. The number of phenols is 1. The van der Waals surface area contributed by atoms with E-state index in [1.165, 1.54) is 17.5 Å². The van der Waals surface area contributed by atoms with Crippen molar-refractivity contribution in [1.82, 2.24) is 0 Å². The Balaban J connectivity index is 2.92. The van der Waals surface area contributed by atoms with Gasteiger partial charge in [0.2, 0.25) is 0 Å². The molecule has 0 atom stereocenters. The quantitative estimate of drug-likeness (QED) is 0.559. The molecule has 0 amide bonds. The molecule has 0 bridgehead atoms. The summed E-state index contributed by atoms with van der Waals surface area (Å²) in [7, 11) is 0. The third kappa shape index (κ3) is 1.08. The second-order valence-corrected chi connectivity index (χ2v) is 3.57. The summed E-state index contributed by atoms with van der Waals surface area (Å²) < 4.78 is 0.330. The van der Waals surface area contributed by atoms with Gasteiger partial charge in [-0.2, -0.15) is 0 Å². The molecule has 0 radical (unpaired) electrons. The molecule has 6 heteroatoms. The molecule has 0 fully saturated rings. The van der Waals surface area contributed by atoms with Crippen LogP contribution in [0.1, 0.15) is 0 Å². The highest BCUT2D eigenvalue weighted by atomic mass is 32.1. The molecule has 2 N–H and O–H groups in total. The summed E-state index contributed by atoms with van der Waals surface area (Å²) in [4.78, 5) is 10.0. The largest absolute Gasteiger partial charge is 0.506 e. The number of aromatic hydroxyl groups is 2. The predicted molar refractivity (Wildman–Crippen MR) is 51.8 cm³/mol. The van der Waals surface area contributed by atoms with Crippen LogP contribution < -0.4 is 0 Å². The fourth-order valence-electron chi connectivity index (χ4n) is 1.25. The number of non-ortho nitro benzene ring substituents is 1. The molecule has 0 unspecified atom stereocenters. The van der Waals surface area contributed by atoms with Crippen molar-refractivity contribution in [1.29, 1.82) is 0 Å². The van der Waals surface area contributed by atoms with E-state index in [-0.39, 0.29) is 22.6 Å². The van der Waals surface area contributed by atoms with Crippen LogP contribution in [0.5, 0.6) is 11.5 Å². The monoisotopic (exact) mass is 211 g/mol. The Bertz CT molecular complexity index is 519. The summed E-state index contributed by atoms with van der Waals surface area (Å²) in [6.07, 6.45) is 0. The van der Waals surface area contributed by atoms with E-state index in [2.05, 4.69) is 0 Å². The second kappa shape index (κ2) is 2.85. The van der Waals surface area contributed by atoms with Gasteiger partial charge < -0.3 is 10.2 Å².